The molecule has 0 bridgehead atoms. The molecule has 3 nitrogen and oxygen atoms in total. The number of nitriles is 1. The molecule has 3 heteroatoms. The fourth-order valence-corrected chi connectivity index (χ4v) is 1.49. The zero-order valence-corrected chi connectivity index (χ0v) is 9.94. The largest absolute Gasteiger partial charge is 0.494 e. The van der Waals surface area contributed by atoms with Gasteiger partial charge in [0.15, 0.2) is 0 Å². The van der Waals surface area contributed by atoms with E-state index in [4.69, 9.17) is 10.00 Å². The van der Waals surface area contributed by atoms with Crippen molar-refractivity contribution in [2.75, 3.05) is 20.2 Å². The summed E-state index contributed by atoms with van der Waals surface area (Å²) in [6.45, 7) is 4.35. The Morgan fingerprint density at radius 1 is 1.31 bits per heavy atom. The summed E-state index contributed by atoms with van der Waals surface area (Å²) in [5, 5.41) is 8.48. The van der Waals surface area contributed by atoms with Gasteiger partial charge in [0.05, 0.1) is 12.7 Å². The van der Waals surface area contributed by atoms with E-state index in [1.54, 1.807) is 0 Å². The molecule has 0 spiro atoms. The predicted octanol–water partition coefficient (Wildman–Crippen LogP) is 2.43. The minimum absolute atomic E-state index is 0.577. The Hall–Kier alpha value is -1.53. The van der Waals surface area contributed by atoms with Crippen LogP contribution in [0.2, 0.25) is 0 Å². The molecule has 1 rings (SSSR count). The van der Waals surface area contributed by atoms with Crippen molar-refractivity contribution in [2.45, 2.75) is 19.9 Å². The molecular formula is C13H18N2O. The second-order valence-corrected chi connectivity index (χ2v) is 3.72. The molecule has 0 amide bonds. The molecule has 0 aliphatic rings. The van der Waals surface area contributed by atoms with Gasteiger partial charge < -0.3 is 9.64 Å². The predicted molar refractivity (Wildman–Crippen MR) is 64.2 cm³/mol. The molecule has 0 unspecified atom stereocenters. The highest BCUT2D eigenvalue weighted by atomic mass is 16.5. The molecule has 0 saturated heterocycles. The standard InChI is InChI=1S/C13H18N2O/c1-3-16-13-7-5-12(6-8-13)11-15(2)10-4-9-14/h5-8H,3-4,10-11H2,1-2H3. The molecule has 0 aliphatic heterocycles. The van der Waals surface area contributed by atoms with Gasteiger partial charge in [-0.25, -0.2) is 0 Å². The van der Waals surface area contributed by atoms with Crippen molar-refractivity contribution >= 4 is 0 Å². The molecule has 1 aromatic rings. The van der Waals surface area contributed by atoms with Gasteiger partial charge in [-0.1, -0.05) is 12.1 Å². The monoisotopic (exact) mass is 218 g/mol. The average molecular weight is 218 g/mol. The van der Waals surface area contributed by atoms with Gasteiger partial charge in [0.25, 0.3) is 0 Å². The van der Waals surface area contributed by atoms with Crippen LogP contribution in [-0.4, -0.2) is 25.1 Å². The summed E-state index contributed by atoms with van der Waals surface area (Å²) in [4.78, 5) is 2.14. The molecule has 86 valence electrons. The first-order chi connectivity index (χ1) is 7.76. The Bertz CT molecular complexity index is 340. The van der Waals surface area contributed by atoms with Gasteiger partial charge in [-0.2, -0.15) is 5.26 Å². The summed E-state index contributed by atoms with van der Waals surface area (Å²) in [6.07, 6.45) is 0.577. The van der Waals surface area contributed by atoms with Crippen LogP contribution in [0.3, 0.4) is 0 Å². The summed E-state index contributed by atoms with van der Waals surface area (Å²) in [7, 11) is 2.02. The maximum Gasteiger partial charge on any atom is 0.119 e. The lowest BCUT2D eigenvalue weighted by molar-refractivity contribution is 0.331. The third kappa shape index (κ3) is 4.33. The quantitative estimate of drug-likeness (QED) is 0.735. The van der Waals surface area contributed by atoms with Gasteiger partial charge >= 0.3 is 0 Å². The molecule has 1 aromatic carbocycles. The van der Waals surface area contributed by atoms with E-state index in [2.05, 4.69) is 23.1 Å². The molecular weight excluding hydrogens is 200 g/mol. The molecule has 0 atom stereocenters. The SMILES string of the molecule is CCOc1ccc(CN(C)CCC#N)cc1. The average Bonchev–Trinajstić information content (AvgIpc) is 2.29. The van der Waals surface area contributed by atoms with Gasteiger partial charge in [0, 0.05) is 19.5 Å². The van der Waals surface area contributed by atoms with Crippen molar-refractivity contribution in [3.05, 3.63) is 29.8 Å². The number of hydrogen-bond donors (Lipinski definition) is 0. The highest BCUT2D eigenvalue weighted by Gasteiger charge is 2.00. The zero-order valence-electron chi connectivity index (χ0n) is 9.94. The Kier molecular flexibility index (Phi) is 5.38. The van der Waals surface area contributed by atoms with Crippen LogP contribution >= 0.6 is 0 Å². The second-order valence-electron chi connectivity index (χ2n) is 3.72. The van der Waals surface area contributed by atoms with Crippen molar-refractivity contribution in [2.24, 2.45) is 0 Å². The molecule has 0 N–H and O–H groups in total. The van der Waals surface area contributed by atoms with Crippen LogP contribution in [0, 0.1) is 11.3 Å². The maximum absolute atomic E-state index is 8.48. The third-order valence-electron chi connectivity index (χ3n) is 2.29. The number of hydrogen-bond acceptors (Lipinski definition) is 3. The number of ether oxygens (including phenoxy) is 1. The minimum atomic E-state index is 0.577. The molecule has 16 heavy (non-hydrogen) atoms. The fourth-order valence-electron chi connectivity index (χ4n) is 1.49. The highest BCUT2D eigenvalue weighted by Crippen LogP contribution is 2.13. The summed E-state index contributed by atoms with van der Waals surface area (Å²) in [6, 6.07) is 10.2. The van der Waals surface area contributed by atoms with E-state index in [1.165, 1.54) is 5.56 Å². The van der Waals surface area contributed by atoms with E-state index in [-0.39, 0.29) is 0 Å². The van der Waals surface area contributed by atoms with E-state index in [1.807, 2.05) is 26.1 Å². The molecule has 0 fully saturated rings. The van der Waals surface area contributed by atoms with Crippen molar-refractivity contribution in [1.29, 1.82) is 5.26 Å². The van der Waals surface area contributed by atoms with E-state index < -0.39 is 0 Å². The zero-order chi connectivity index (χ0) is 11.8. The molecule has 0 aromatic heterocycles. The Morgan fingerprint density at radius 2 is 2.00 bits per heavy atom. The molecule has 0 heterocycles. The van der Waals surface area contributed by atoms with Crippen LogP contribution in [-0.2, 0) is 6.54 Å². The fraction of sp³-hybridized carbons (Fsp3) is 0.462. The Labute approximate surface area is 97.3 Å². The van der Waals surface area contributed by atoms with Crippen LogP contribution in [0.4, 0.5) is 0 Å². The third-order valence-corrected chi connectivity index (χ3v) is 2.29. The molecule has 0 radical (unpaired) electrons. The van der Waals surface area contributed by atoms with E-state index in [0.29, 0.717) is 13.0 Å². The highest BCUT2D eigenvalue weighted by molar-refractivity contribution is 5.27. The van der Waals surface area contributed by atoms with E-state index in [9.17, 15) is 0 Å². The first-order valence-corrected chi connectivity index (χ1v) is 5.53. The van der Waals surface area contributed by atoms with E-state index >= 15 is 0 Å². The summed E-state index contributed by atoms with van der Waals surface area (Å²) >= 11 is 0. The van der Waals surface area contributed by atoms with Crippen molar-refractivity contribution in [3.8, 4) is 11.8 Å². The number of nitrogens with zero attached hydrogens (tertiary/aromatic N) is 2. The van der Waals surface area contributed by atoms with Crippen LogP contribution in [0.25, 0.3) is 0 Å². The van der Waals surface area contributed by atoms with Crippen molar-refractivity contribution in [1.82, 2.24) is 4.90 Å². The lowest BCUT2D eigenvalue weighted by Gasteiger charge is -2.14. The van der Waals surface area contributed by atoms with Gasteiger partial charge in [-0.15, -0.1) is 0 Å². The Balaban J connectivity index is 2.45. The second kappa shape index (κ2) is 6.86. The maximum atomic E-state index is 8.48. The van der Waals surface area contributed by atoms with Crippen molar-refractivity contribution < 1.29 is 4.74 Å². The summed E-state index contributed by atoms with van der Waals surface area (Å²) in [5.41, 5.74) is 1.24. The summed E-state index contributed by atoms with van der Waals surface area (Å²) < 4.78 is 5.37. The molecule has 0 aliphatic carbocycles. The first kappa shape index (κ1) is 12.5. The van der Waals surface area contributed by atoms with Crippen LogP contribution in [0.15, 0.2) is 24.3 Å². The normalized spacial score (nSPS) is 10.1. The minimum Gasteiger partial charge on any atom is -0.494 e. The van der Waals surface area contributed by atoms with Crippen LogP contribution < -0.4 is 4.74 Å². The van der Waals surface area contributed by atoms with Gasteiger partial charge in [0.2, 0.25) is 0 Å². The van der Waals surface area contributed by atoms with Crippen molar-refractivity contribution in [3.63, 3.8) is 0 Å². The van der Waals surface area contributed by atoms with Crippen LogP contribution in [0.5, 0.6) is 5.75 Å². The number of rotatable bonds is 6. The van der Waals surface area contributed by atoms with Gasteiger partial charge in [-0.05, 0) is 31.7 Å². The first-order valence-electron chi connectivity index (χ1n) is 5.53. The topological polar surface area (TPSA) is 36.3 Å². The van der Waals surface area contributed by atoms with Crippen LogP contribution in [0.1, 0.15) is 18.9 Å². The lowest BCUT2D eigenvalue weighted by atomic mass is 10.2. The van der Waals surface area contributed by atoms with Gasteiger partial charge in [-0.3, -0.25) is 0 Å². The van der Waals surface area contributed by atoms with Gasteiger partial charge in [0.1, 0.15) is 5.75 Å². The smallest absolute Gasteiger partial charge is 0.119 e. The molecule has 0 saturated carbocycles. The lowest BCUT2D eigenvalue weighted by Crippen LogP contribution is -2.18. The Morgan fingerprint density at radius 3 is 2.56 bits per heavy atom. The van der Waals surface area contributed by atoms with E-state index in [0.717, 1.165) is 18.8 Å². The number of benzene rings is 1. The summed E-state index contributed by atoms with van der Waals surface area (Å²) in [5.74, 6) is 0.908.